The van der Waals surface area contributed by atoms with Crippen molar-refractivity contribution in [1.29, 1.82) is 5.26 Å². The van der Waals surface area contributed by atoms with Crippen LogP contribution in [0.2, 0.25) is 0 Å². The number of nitrogens with zero attached hydrogens (tertiary/aromatic N) is 2. The molecule has 0 bridgehead atoms. The molecule has 0 aliphatic rings. The first-order chi connectivity index (χ1) is 13.0. The van der Waals surface area contributed by atoms with E-state index in [1.807, 2.05) is 56.3 Å². The molecule has 2 aromatic carbocycles. The zero-order valence-electron chi connectivity index (χ0n) is 15.4. The highest BCUT2D eigenvalue weighted by atomic mass is 32.2. The smallest absolute Gasteiger partial charge is 0.234 e. The molecule has 0 radical (unpaired) electrons. The zero-order valence-corrected chi connectivity index (χ0v) is 16.2. The third-order valence-electron chi connectivity index (χ3n) is 4.03. The number of benzene rings is 2. The third-order valence-corrected chi connectivity index (χ3v) is 5.02. The van der Waals surface area contributed by atoms with Crippen molar-refractivity contribution in [2.45, 2.75) is 18.9 Å². The topological polar surface area (TPSA) is 75.0 Å². The molecule has 5 nitrogen and oxygen atoms in total. The minimum Gasteiger partial charge on any atom is -0.495 e. The maximum Gasteiger partial charge on any atom is 0.234 e. The van der Waals surface area contributed by atoms with Crippen LogP contribution in [0.25, 0.3) is 10.9 Å². The minimum atomic E-state index is -0.182. The van der Waals surface area contributed by atoms with Crippen LogP contribution in [0, 0.1) is 25.2 Å². The van der Waals surface area contributed by atoms with Gasteiger partial charge in [0.25, 0.3) is 0 Å². The average molecular weight is 377 g/mol. The van der Waals surface area contributed by atoms with Gasteiger partial charge in [0.15, 0.2) is 0 Å². The molecule has 0 fully saturated rings. The summed E-state index contributed by atoms with van der Waals surface area (Å²) in [6.07, 6.45) is 0. The number of ether oxygens (including phenoxy) is 1. The van der Waals surface area contributed by atoms with Gasteiger partial charge in [0, 0.05) is 5.39 Å². The van der Waals surface area contributed by atoms with E-state index in [1.165, 1.54) is 11.8 Å². The van der Waals surface area contributed by atoms with Gasteiger partial charge in [-0.25, -0.2) is 4.98 Å². The second kappa shape index (κ2) is 8.11. The van der Waals surface area contributed by atoms with E-state index < -0.39 is 0 Å². The van der Waals surface area contributed by atoms with Crippen molar-refractivity contribution in [3.8, 4) is 11.8 Å². The first kappa shape index (κ1) is 18.7. The van der Waals surface area contributed by atoms with Crippen LogP contribution >= 0.6 is 11.8 Å². The number of carbonyl (C=O) groups is 1. The predicted octanol–water partition coefficient (Wildman–Crippen LogP) is 4.46. The van der Waals surface area contributed by atoms with Crippen LogP contribution in [-0.4, -0.2) is 23.8 Å². The van der Waals surface area contributed by atoms with E-state index in [9.17, 15) is 10.1 Å². The number of anilines is 1. The Balaban J connectivity index is 1.77. The lowest BCUT2D eigenvalue weighted by Gasteiger charge is -2.11. The molecule has 1 N–H and O–H groups in total. The second-order valence-electron chi connectivity index (χ2n) is 6.19. The van der Waals surface area contributed by atoms with Crippen LogP contribution in [-0.2, 0) is 4.79 Å². The van der Waals surface area contributed by atoms with Crippen LogP contribution in [0.3, 0.4) is 0 Å². The van der Waals surface area contributed by atoms with Crippen molar-refractivity contribution in [3.05, 3.63) is 59.2 Å². The molecule has 6 heteroatoms. The van der Waals surface area contributed by atoms with Crippen molar-refractivity contribution < 1.29 is 9.53 Å². The Hall–Kier alpha value is -3.04. The number of pyridine rings is 1. The number of aromatic nitrogens is 1. The standard InChI is InChI=1S/C21H19N3O2S/c1-13-4-6-15-10-16(11-22)21(24-17(15)8-13)27-12-20(25)23-18-9-14(2)5-7-19(18)26-3/h4-10H,12H2,1-3H3,(H,23,25). The van der Waals surface area contributed by atoms with Crippen molar-refractivity contribution >= 4 is 34.3 Å². The lowest BCUT2D eigenvalue weighted by molar-refractivity contribution is -0.113. The lowest BCUT2D eigenvalue weighted by Crippen LogP contribution is -2.15. The van der Waals surface area contributed by atoms with Crippen molar-refractivity contribution in [3.63, 3.8) is 0 Å². The Morgan fingerprint density at radius 1 is 1.19 bits per heavy atom. The lowest BCUT2D eigenvalue weighted by atomic mass is 10.1. The number of amides is 1. The summed E-state index contributed by atoms with van der Waals surface area (Å²) in [5.74, 6) is 0.575. The Kier molecular flexibility index (Phi) is 5.63. The zero-order chi connectivity index (χ0) is 19.4. The van der Waals surface area contributed by atoms with Crippen LogP contribution in [0.5, 0.6) is 5.75 Å². The number of hydrogen-bond donors (Lipinski definition) is 1. The van der Waals surface area contributed by atoms with Gasteiger partial charge in [-0.05, 0) is 49.2 Å². The summed E-state index contributed by atoms with van der Waals surface area (Å²) in [6.45, 7) is 3.94. The van der Waals surface area contributed by atoms with E-state index in [4.69, 9.17) is 4.74 Å². The molecule has 0 atom stereocenters. The van der Waals surface area contributed by atoms with E-state index in [0.717, 1.165) is 22.0 Å². The SMILES string of the molecule is COc1ccc(C)cc1NC(=O)CSc1nc2cc(C)ccc2cc1C#N. The maximum atomic E-state index is 12.4. The number of fused-ring (bicyclic) bond motifs is 1. The molecule has 3 rings (SSSR count). The number of carbonyl (C=O) groups excluding carboxylic acids is 1. The van der Waals surface area contributed by atoms with Gasteiger partial charge < -0.3 is 10.1 Å². The minimum absolute atomic E-state index is 0.149. The summed E-state index contributed by atoms with van der Waals surface area (Å²) in [7, 11) is 1.56. The molecule has 0 spiro atoms. The average Bonchev–Trinajstić information content (AvgIpc) is 2.65. The van der Waals surface area contributed by atoms with E-state index in [2.05, 4.69) is 16.4 Å². The molecule has 0 aliphatic carbocycles. The van der Waals surface area contributed by atoms with E-state index >= 15 is 0 Å². The molecule has 27 heavy (non-hydrogen) atoms. The number of hydrogen-bond acceptors (Lipinski definition) is 5. The van der Waals surface area contributed by atoms with Gasteiger partial charge in [-0.15, -0.1) is 0 Å². The molecule has 0 aliphatic heterocycles. The summed E-state index contributed by atoms with van der Waals surface area (Å²) < 4.78 is 5.28. The molecular weight excluding hydrogens is 358 g/mol. The Bertz CT molecular complexity index is 1060. The van der Waals surface area contributed by atoms with Gasteiger partial charge in [-0.2, -0.15) is 5.26 Å². The van der Waals surface area contributed by atoms with E-state index in [0.29, 0.717) is 22.0 Å². The fourth-order valence-electron chi connectivity index (χ4n) is 2.69. The second-order valence-corrected chi connectivity index (χ2v) is 7.15. The molecule has 0 saturated heterocycles. The van der Waals surface area contributed by atoms with Crippen LogP contribution in [0.1, 0.15) is 16.7 Å². The quantitative estimate of drug-likeness (QED) is 0.664. The summed E-state index contributed by atoms with van der Waals surface area (Å²) in [4.78, 5) is 17.0. The molecule has 0 saturated carbocycles. The van der Waals surface area contributed by atoms with Gasteiger partial charge in [0.2, 0.25) is 5.91 Å². The first-order valence-corrected chi connectivity index (χ1v) is 9.37. The predicted molar refractivity (Wildman–Crippen MR) is 108 cm³/mol. The number of methoxy groups -OCH3 is 1. The first-order valence-electron chi connectivity index (χ1n) is 8.39. The Morgan fingerprint density at radius 3 is 2.67 bits per heavy atom. The summed E-state index contributed by atoms with van der Waals surface area (Å²) >= 11 is 1.25. The molecule has 1 amide bonds. The van der Waals surface area contributed by atoms with Crippen molar-refractivity contribution in [1.82, 2.24) is 4.98 Å². The van der Waals surface area contributed by atoms with Crippen molar-refractivity contribution in [2.24, 2.45) is 0 Å². The monoisotopic (exact) mass is 377 g/mol. The van der Waals surface area contributed by atoms with E-state index in [1.54, 1.807) is 7.11 Å². The van der Waals surface area contributed by atoms with Gasteiger partial charge in [-0.1, -0.05) is 30.0 Å². The van der Waals surface area contributed by atoms with Gasteiger partial charge in [0.05, 0.1) is 29.6 Å². The fraction of sp³-hybridized carbons (Fsp3) is 0.190. The highest BCUT2D eigenvalue weighted by molar-refractivity contribution is 8.00. The van der Waals surface area contributed by atoms with Gasteiger partial charge in [0.1, 0.15) is 16.8 Å². The number of nitriles is 1. The number of thioether (sulfide) groups is 1. The highest BCUT2D eigenvalue weighted by Crippen LogP contribution is 2.27. The molecule has 1 aromatic heterocycles. The fourth-order valence-corrected chi connectivity index (χ4v) is 3.45. The third kappa shape index (κ3) is 4.39. The Morgan fingerprint density at radius 2 is 1.93 bits per heavy atom. The van der Waals surface area contributed by atoms with Gasteiger partial charge in [-0.3, -0.25) is 4.79 Å². The Labute approximate surface area is 162 Å². The largest absolute Gasteiger partial charge is 0.495 e. The summed E-state index contributed by atoms with van der Waals surface area (Å²) in [5.41, 5.74) is 4.04. The molecule has 1 heterocycles. The highest BCUT2D eigenvalue weighted by Gasteiger charge is 2.12. The summed E-state index contributed by atoms with van der Waals surface area (Å²) in [6, 6.07) is 15.5. The van der Waals surface area contributed by atoms with Gasteiger partial charge >= 0.3 is 0 Å². The summed E-state index contributed by atoms with van der Waals surface area (Å²) in [5, 5.41) is 13.7. The molecular formula is C21H19N3O2S. The molecule has 3 aromatic rings. The van der Waals surface area contributed by atoms with Crippen LogP contribution in [0.15, 0.2) is 47.5 Å². The van der Waals surface area contributed by atoms with E-state index in [-0.39, 0.29) is 11.7 Å². The number of nitrogens with one attached hydrogen (secondary N) is 1. The van der Waals surface area contributed by atoms with Crippen LogP contribution in [0.4, 0.5) is 5.69 Å². The molecule has 136 valence electrons. The maximum absolute atomic E-state index is 12.4. The number of rotatable bonds is 5. The normalized spacial score (nSPS) is 10.4. The molecule has 0 unspecified atom stereocenters. The number of aryl methyl sites for hydroxylation is 2. The van der Waals surface area contributed by atoms with Crippen LogP contribution < -0.4 is 10.1 Å². The van der Waals surface area contributed by atoms with Crippen molar-refractivity contribution in [2.75, 3.05) is 18.2 Å².